The van der Waals surface area contributed by atoms with E-state index in [-0.39, 0.29) is 5.41 Å². The molecule has 0 radical (unpaired) electrons. The van der Waals surface area contributed by atoms with E-state index in [4.69, 9.17) is 23.8 Å². The van der Waals surface area contributed by atoms with Crippen molar-refractivity contribution in [3.8, 4) is 51.0 Å². The minimum Gasteiger partial charge on any atom is -0.456 e. The smallest absolute Gasteiger partial charge is 0.164 e. The monoisotopic (exact) mass is 770 g/mol. The number of para-hydroxylation sites is 2. The Morgan fingerprint density at radius 1 is 0.400 bits per heavy atom. The molecule has 0 atom stereocenters. The first-order valence-corrected chi connectivity index (χ1v) is 20.4. The Bertz CT molecular complexity index is 3760. The molecule has 4 aromatic heterocycles. The lowest BCUT2D eigenvalue weighted by molar-refractivity contribution is 0.661. The van der Waals surface area contributed by atoms with Crippen LogP contribution in [0.4, 0.5) is 0 Å². The zero-order chi connectivity index (χ0) is 39.7. The van der Waals surface area contributed by atoms with Crippen molar-refractivity contribution in [3.05, 3.63) is 181 Å². The largest absolute Gasteiger partial charge is 0.456 e. The second-order valence-electron chi connectivity index (χ2n) is 16.3. The Balaban J connectivity index is 1.05. The molecule has 1 aliphatic carbocycles. The first-order chi connectivity index (χ1) is 29.5. The minimum absolute atomic E-state index is 0.126. The summed E-state index contributed by atoms with van der Waals surface area (Å²) in [7, 11) is 0. The van der Waals surface area contributed by atoms with Gasteiger partial charge in [-0.05, 0) is 76.9 Å². The van der Waals surface area contributed by atoms with Crippen molar-refractivity contribution >= 4 is 65.7 Å². The van der Waals surface area contributed by atoms with Gasteiger partial charge in [0.2, 0.25) is 0 Å². The normalized spacial score (nSPS) is 13.3. The summed E-state index contributed by atoms with van der Waals surface area (Å²) >= 11 is 0. The molecule has 13 rings (SSSR count). The number of aromatic nitrogens is 4. The Labute approximate surface area is 344 Å². The van der Waals surface area contributed by atoms with E-state index in [9.17, 15) is 0 Å². The van der Waals surface area contributed by atoms with Crippen LogP contribution in [0.3, 0.4) is 0 Å². The lowest BCUT2D eigenvalue weighted by atomic mass is 9.82. The van der Waals surface area contributed by atoms with Gasteiger partial charge in [-0.1, -0.05) is 129 Å². The molecule has 0 saturated carbocycles. The molecule has 1 aliphatic rings. The van der Waals surface area contributed by atoms with Crippen molar-refractivity contribution in [2.75, 3.05) is 0 Å². The molecule has 60 heavy (non-hydrogen) atoms. The molecule has 0 amide bonds. The van der Waals surface area contributed by atoms with E-state index in [1.165, 1.54) is 38.5 Å². The zero-order valence-electron chi connectivity index (χ0n) is 32.8. The second kappa shape index (κ2) is 12.1. The molecular weight excluding hydrogens is 737 g/mol. The topological polar surface area (TPSA) is 69.9 Å². The second-order valence-corrected chi connectivity index (χ2v) is 16.3. The van der Waals surface area contributed by atoms with Crippen molar-refractivity contribution in [1.29, 1.82) is 0 Å². The van der Waals surface area contributed by atoms with E-state index in [1.54, 1.807) is 0 Å². The maximum atomic E-state index is 6.62. The van der Waals surface area contributed by atoms with Gasteiger partial charge < -0.3 is 13.4 Å². The first kappa shape index (κ1) is 33.2. The predicted octanol–water partition coefficient (Wildman–Crippen LogP) is 14.1. The lowest BCUT2D eigenvalue weighted by Gasteiger charge is -2.21. The summed E-state index contributed by atoms with van der Waals surface area (Å²) in [6.07, 6.45) is 0. The van der Waals surface area contributed by atoms with Crippen molar-refractivity contribution in [1.82, 2.24) is 19.5 Å². The number of fused-ring (bicyclic) bond motifs is 12. The Morgan fingerprint density at radius 3 is 1.78 bits per heavy atom. The van der Waals surface area contributed by atoms with Crippen LogP contribution in [0, 0.1) is 0 Å². The van der Waals surface area contributed by atoms with Crippen LogP contribution in [0.25, 0.3) is 117 Å². The predicted molar refractivity (Wildman–Crippen MR) is 243 cm³/mol. The molecular formula is C54H34N4O2. The molecule has 0 unspecified atom stereocenters. The van der Waals surface area contributed by atoms with E-state index in [2.05, 4.69) is 115 Å². The summed E-state index contributed by atoms with van der Waals surface area (Å²) in [4.78, 5) is 15.6. The summed E-state index contributed by atoms with van der Waals surface area (Å²) < 4.78 is 15.3. The Morgan fingerprint density at radius 2 is 1.00 bits per heavy atom. The van der Waals surface area contributed by atoms with Gasteiger partial charge in [0.15, 0.2) is 17.5 Å². The summed E-state index contributed by atoms with van der Waals surface area (Å²) in [5.74, 6) is 1.73. The number of rotatable bonds is 4. The average molecular weight is 771 g/mol. The standard InChI is InChI=1S/C54H34N4O2/c1-54(2)41-21-9-6-16-33(41)38-29-39-34-17-7-10-22-43(34)58(44(39)30-42(38)54)32-26-27-46-40(28-32)50-37(20-13-25-48(50)60-46)53-56-51(31-14-4-3-5-15-31)55-52(57-53)36-19-12-24-47-49(36)35-18-8-11-23-45(35)59-47/h3-30H,1-2H3. The highest BCUT2D eigenvalue weighted by molar-refractivity contribution is 6.15. The summed E-state index contributed by atoms with van der Waals surface area (Å²) in [5, 5.41) is 6.40. The van der Waals surface area contributed by atoms with Crippen LogP contribution in [-0.4, -0.2) is 19.5 Å². The summed E-state index contributed by atoms with van der Waals surface area (Å²) in [6.45, 7) is 4.69. The van der Waals surface area contributed by atoms with Crippen LogP contribution in [0.2, 0.25) is 0 Å². The fraction of sp³-hybridized carbons (Fsp3) is 0.0556. The number of furan rings is 2. The van der Waals surface area contributed by atoms with E-state index < -0.39 is 0 Å². The molecule has 4 heterocycles. The van der Waals surface area contributed by atoms with Crippen LogP contribution in [0.5, 0.6) is 0 Å². The summed E-state index contributed by atoms with van der Waals surface area (Å²) in [5.41, 5.74) is 14.5. The molecule has 8 aromatic carbocycles. The van der Waals surface area contributed by atoms with Crippen LogP contribution < -0.4 is 0 Å². The van der Waals surface area contributed by atoms with Gasteiger partial charge >= 0.3 is 0 Å². The average Bonchev–Trinajstić information content (AvgIpc) is 4.02. The fourth-order valence-corrected chi connectivity index (χ4v) is 9.88. The van der Waals surface area contributed by atoms with Crippen molar-refractivity contribution in [2.45, 2.75) is 19.3 Å². The highest BCUT2D eigenvalue weighted by Gasteiger charge is 2.36. The van der Waals surface area contributed by atoms with Gasteiger partial charge in [-0.25, -0.2) is 15.0 Å². The molecule has 6 nitrogen and oxygen atoms in total. The van der Waals surface area contributed by atoms with Gasteiger partial charge in [-0.15, -0.1) is 0 Å². The maximum absolute atomic E-state index is 6.62. The lowest BCUT2D eigenvalue weighted by Crippen LogP contribution is -2.14. The van der Waals surface area contributed by atoms with Crippen molar-refractivity contribution < 1.29 is 8.83 Å². The third-order valence-corrected chi connectivity index (χ3v) is 12.7. The van der Waals surface area contributed by atoms with Gasteiger partial charge in [0.25, 0.3) is 0 Å². The maximum Gasteiger partial charge on any atom is 0.164 e. The van der Waals surface area contributed by atoms with Crippen molar-refractivity contribution in [3.63, 3.8) is 0 Å². The highest BCUT2D eigenvalue weighted by atomic mass is 16.3. The van der Waals surface area contributed by atoms with Gasteiger partial charge in [0, 0.05) is 60.1 Å². The van der Waals surface area contributed by atoms with Gasteiger partial charge in [-0.2, -0.15) is 0 Å². The van der Waals surface area contributed by atoms with Crippen LogP contribution >= 0.6 is 0 Å². The molecule has 0 saturated heterocycles. The third-order valence-electron chi connectivity index (χ3n) is 12.7. The minimum atomic E-state index is -0.126. The van der Waals surface area contributed by atoms with E-state index >= 15 is 0 Å². The molecule has 282 valence electrons. The first-order valence-electron chi connectivity index (χ1n) is 20.4. The highest BCUT2D eigenvalue weighted by Crippen LogP contribution is 2.51. The molecule has 0 N–H and O–H groups in total. The number of hydrogen-bond acceptors (Lipinski definition) is 5. The van der Waals surface area contributed by atoms with Gasteiger partial charge in [-0.3, -0.25) is 0 Å². The van der Waals surface area contributed by atoms with Gasteiger partial charge in [0.05, 0.1) is 11.0 Å². The van der Waals surface area contributed by atoms with Crippen LogP contribution in [-0.2, 0) is 5.41 Å². The number of benzene rings is 8. The number of hydrogen-bond donors (Lipinski definition) is 0. The van der Waals surface area contributed by atoms with Crippen LogP contribution in [0.15, 0.2) is 179 Å². The SMILES string of the molecule is CC1(C)c2ccccc2-c2cc3c4ccccc4n(-c4ccc5oc6cccc(-c7nc(-c8ccccc8)nc(-c8cccc9oc%10ccccc%10c89)n7)c6c5c4)c3cc21. The molecule has 0 bridgehead atoms. The van der Waals surface area contributed by atoms with Gasteiger partial charge in [0.1, 0.15) is 22.3 Å². The van der Waals surface area contributed by atoms with Crippen molar-refractivity contribution in [2.24, 2.45) is 0 Å². The quantitative estimate of drug-likeness (QED) is 0.178. The van der Waals surface area contributed by atoms with Crippen LogP contribution in [0.1, 0.15) is 25.0 Å². The fourth-order valence-electron chi connectivity index (χ4n) is 9.88. The Hall–Kier alpha value is -7.83. The van der Waals surface area contributed by atoms with E-state index in [1.807, 2.05) is 72.8 Å². The molecule has 0 fully saturated rings. The number of nitrogens with zero attached hydrogens (tertiary/aromatic N) is 4. The molecule has 0 aliphatic heterocycles. The Kier molecular flexibility index (Phi) is 6.69. The zero-order valence-corrected chi connectivity index (χ0v) is 32.8. The molecule has 12 aromatic rings. The molecule has 6 heteroatoms. The molecule has 0 spiro atoms. The summed E-state index contributed by atoms with van der Waals surface area (Å²) in [6, 6.07) is 59.4. The van der Waals surface area contributed by atoms with E-state index in [0.717, 1.165) is 71.8 Å². The van der Waals surface area contributed by atoms with E-state index in [0.29, 0.717) is 17.5 Å². The third kappa shape index (κ3) is 4.61.